The van der Waals surface area contributed by atoms with E-state index >= 15 is 0 Å². The summed E-state index contributed by atoms with van der Waals surface area (Å²) in [5.74, 6) is -1.04. The number of nitrogens with one attached hydrogen (secondary N) is 1. The Hall–Kier alpha value is -3.93. The predicted molar refractivity (Wildman–Crippen MR) is 116 cm³/mol. The lowest BCUT2D eigenvalue weighted by Crippen LogP contribution is -2.35. The fraction of sp³-hybridized carbons (Fsp3) is 0.318. The summed E-state index contributed by atoms with van der Waals surface area (Å²) in [6, 6.07) is 13.8. The van der Waals surface area contributed by atoms with Crippen LogP contribution in [0.15, 0.2) is 42.5 Å². The number of aryl methyl sites for hydroxylation is 2. The number of para-hydroxylation sites is 2. The molecule has 31 heavy (non-hydrogen) atoms. The molecule has 0 aromatic heterocycles. The number of benzene rings is 2. The second-order valence-electron chi connectivity index (χ2n) is 6.91. The van der Waals surface area contributed by atoms with Gasteiger partial charge < -0.3 is 15.0 Å². The zero-order chi connectivity index (χ0) is 22.8. The first-order valence-corrected chi connectivity index (χ1v) is 9.70. The molecule has 2 rings (SSSR count). The Morgan fingerprint density at radius 2 is 1.87 bits per heavy atom. The number of hydrogen-bond donors (Lipinski definition) is 1. The maximum Gasteiger partial charge on any atom is 0.308 e. The number of carbonyl (C=O) groups excluding carboxylic acids is 2. The number of hydrogen-bond acceptors (Lipinski definition) is 7. The lowest BCUT2D eigenvalue weighted by atomic mass is 10.1. The molecule has 0 bridgehead atoms. The lowest BCUT2D eigenvalue weighted by Gasteiger charge is -2.22. The van der Waals surface area contributed by atoms with Crippen molar-refractivity contribution in [3.63, 3.8) is 0 Å². The second-order valence-corrected chi connectivity index (χ2v) is 6.91. The molecule has 0 aliphatic carbocycles. The van der Waals surface area contributed by atoms with E-state index < -0.39 is 23.4 Å². The third-order valence-electron chi connectivity index (χ3n) is 4.37. The zero-order valence-electron chi connectivity index (χ0n) is 17.5. The molecular weight excluding hydrogens is 400 g/mol. The molecule has 2 aromatic rings. The SMILES string of the molecule is Cc1cc(C)cc(N(CCC#N)C(=O)COC(=O)CCNc2ccccc2[N+](=O)[O-])c1. The highest BCUT2D eigenvalue weighted by Gasteiger charge is 2.18. The number of nitriles is 1. The first kappa shape index (κ1) is 23.3. The van der Waals surface area contributed by atoms with Crippen molar-refractivity contribution in [2.24, 2.45) is 0 Å². The molecule has 0 saturated heterocycles. The Morgan fingerprint density at radius 1 is 1.19 bits per heavy atom. The highest BCUT2D eigenvalue weighted by atomic mass is 16.6. The van der Waals surface area contributed by atoms with Gasteiger partial charge in [0.15, 0.2) is 6.61 Å². The van der Waals surface area contributed by atoms with Gasteiger partial charge in [-0.25, -0.2) is 0 Å². The quantitative estimate of drug-likeness (QED) is 0.351. The van der Waals surface area contributed by atoms with E-state index in [1.165, 1.54) is 11.0 Å². The summed E-state index contributed by atoms with van der Waals surface area (Å²) < 4.78 is 5.08. The number of amides is 1. The van der Waals surface area contributed by atoms with Crippen LogP contribution in [0.25, 0.3) is 0 Å². The first-order chi connectivity index (χ1) is 14.8. The largest absolute Gasteiger partial charge is 0.455 e. The second kappa shape index (κ2) is 11.3. The summed E-state index contributed by atoms with van der Waals surface area (Å²) in [5.41, 5.74) is 2.80. The topological polar surface area (TPSA) is 126 Å². The van der Waals surface area contributed by atoms with Crippen LogP contribution in [0.2, 0.25) is 0 Å². The van der Waals surface area contributed by atoms with E-state index in [2.05, 4.69) is 5.32 Å². The molecule has 0 aliphatic rings. The highest BCUT2D eigenvalue weighted by molar-refractivity contribution is 5.95. The molecule has 0 fully saturated rings. The summed E-state index contributed by atoms with van der Waals surface area (Å²) in [7, 11) is 0. The number of nitrogens with zero attached hydrogens (tertiary/aromatic N) is 3. The van der Waals surface area contributed by atoms with E-state index in [4.69, 9.17) is 10.00 Å². The van der Waals surface area contributed by atoms with E-state index in [0.717, 1.165) is 11.1 Å². The maximum absolute atomic E-state index is 12.6. The normalized spacial score (nSPS) is 10.1. The van der Waals surface area contributed by atoms with Gasteiger partial charge in [-0.3, -0.25) is 19.7 Å². The minimum Gasteiger partial charge on any atom is -0.455 e. The van der Waals surface area contributed by atoms with Crippen LogP contribution >= 0.6 is 0 Å². The molecule has 2 aromatic carbocycles. The Kier molecular flexibility index (Phi) is 8.52. The Labute approximate surface area is 180 Å². The van der Waals surface area contributed by atoms with Gasteiger partial charge in [-0.1, -0.05) is 18.2 Å². The Bertz CT molecular complexity index is 979. The average molecular weight is 424 g/mol. The van der Waals surface area contributed by atoms with Crippen LogP contribution in [0.5, 0.6) is 0 Å². The number of esters is 1. The van der Waals surface area contributed by atoms with Crippen LogP contribution in [0.4, 0.5) is 17.1 Å². The number of nitro groups is 1. The average Bonchev–Trinajstić information content (AvgIpc) is 2.72. The minimum atomic E-state index is -0.611. The minimum absolute atomic E-state index is 0.0684. The Balaban J connectivity index is 1.91. The molecule has 0 atom stereocenters. The zero-order valence-corrected chi connectivity index (χ0v) is 17.5. The van der Waals surface area contributed by atoms with Gasteiger partial charge in [0.2, 0.25) is 0 Å². The van der Waals surface area contributed by atoms with Crippen molar-refractivity contribution in [2.45, 2.75) is 26.7 Å². The van der Waals surface area contributed by atoms with Gasteiger partial charge in [0.1, 0.15) is 5.69 Å². The third-order valence-corrected chi connectivity index (χ3v) is 4.37. The van der Waals surface area contributed by atoms with Crippen molar-refractivity contribution >= 4 is 28.9 Å². The summed E-state index contributed by atoms with van der Waals surface area (Å²) in [6.45, 7) is 3.67. The molecule has 0 spiro atoms. The fourth-order valence-corrected chi connectivity index (χ4v) is 3.04. The maximum atomic E-state index is 12.6. The molecule has 9 nitrogen and oxygen atoms in total. The molecule has 0 heterocycles. The third kappa shape index (κ3) is 7.12. The van der Waals surface area contributed by atoms with E-state index in [1.54, 1.807) is 18.2 Å². The van der Waals surface area contributed by atoms with Gasteiger partial charge in [0, 0.05) is 24.8 Å². The first-order valence-electron chi connectivity index (χ1n) is 9.70. The van der Waals surface area contributed by atoms with Crippen molar-refractivity contribution in [1.82, 2.24) is 0 Å². The summed E-state index contributed by atoms with van der Waals surface area (Å²) in [4.78, 5) is 36.6. The summed E-state index contributed by atoms with van der Waals surface area (Å²) >= 11 is 0. The van der Waals surface area contributed by atoms with E-state index in [9.17, 15) is 19.7 Å². The summed E-state index contributed by atoms with van der Waals surface area (Å²) in [6.07, 6.45) is 0.0769. The van der Waals surface area contributed by atoms with Crippen molar-refractivity contribution < 1.29 is 19.2 Å². The monoisotopic (exact) mass is 424 g/mol. The van der Waals surface area contributed by atoms with Crippen LogP contribution < -0.4 is 10.2 Å². The number of carbonyl (C=O) groups is 2. The van der Waals surface area contributed by atoms with Crippen LogP contribution in [0.3, 0.4) is 0 Å². The lowest BCUT2D eigenvalue weighted by molar-refractivity contribution is -0.384. The standard InChI is InChI=1S/C22H24N4O5/c1-16-12-17(2)14-18(13-16)25(11-5-9-23)21(27)15-31-22(28)8-10-24-19-6-3-4-7-20(19)26(29)30/h3-4,6-7,12-14,24H,5,8,10-11,15H2,1-2H3. The molecule has 0 aliphatic heterocycles. The fourth-order valence-electron chi connectivity index (χ4n) is 3.04. The Morgan fingerprint density at radius 3 is 2.52 bits per heavy atom. The predicted octanol–water partition coefficient (Wildman–Crippen LogP) is 3.50. The van der Waals surface area contributed by atoms with Gasteiger partial charge in [-0.2, -0.15) is 5.26 Å². The van der Waals surface area contributed by atoms with Crippen LogP contribution in [0, 0.1) is 35.3 Å². The van der Waals surface area contributed by atoms with Gasteiger partial charge >= 0.3 is 5.97 Å². The van der Waals surface area contributed by atoms with Gasteiger partial charge in [-0.05, 0) is 43.2 Å². The van der Waals surface area contributed by atoms with Crippen molar-refractivity contribution in [1.29, 1.82) is 5.26 Å². The molecule has 162 valence electrons. The van der Waals surface area contributed by atoms with Crippen LogP contribution in [-0.4, -0.2) is 36.5 Å². The molecule has 0 saturated carbocycles. The van der Waals surface area contributed by atoms with Gasteiger partial charge in [0.25, 0.3) is 11.6 Å². The number of rotatable bonds is 10. The van der Waals surface area contributed by atoms with Crippen molar-refractivity contribution in [3.8, 4) is 6.07 Å². The molecule has 0 unspecified atom stereocenters. The van der Waals surface area contributed by atoms with Crippen molar-refractivity contribution in [3.05, 3.63) is 63.7 Å². The van der Waals surface area contributed by atoms with Crippen molar-refractivity contribution in [2.75, 3.05) is 29.9 Å². The number of ether oxygens (including phenoxy) is 1. The molecular formula is C22H24N4O5. The number of anilines is 2. The molecule has 1 amide bonds. The molecule has 0 radical (unpaired) electrons. The van der Waals surface area contributed by atoms with Crippen LogP contribution in [0.1, 0.15) is 24.0 Å². The van der Waals surface area contributed by atoms with E-state index in [1.807, 2.05) is 38.1 Å². The van der Waals surface area contributed by atoms with Crippen LogP contribution in [-0.2, 0) is 14.3 Å². The summed E-state index contributed by atoms with van der Waals surface area (Å²) in [5, 5.41) is 22.7. The van der Waals surface area contributed by atoms with Gasteiger partial charge in [-0.15, -0.1) is 0 Å². The smallest absolute Gasteiger partial charge is 0.308 e. The number of nitro benzene ring substituents is 1. The highest BCUT2D eigenvalue weighted by Crippen LogP contribution is 2.23. The van der Waals surface area contributed by atoms with E-state index in [-0.39, 0.29) is 31.6 Å². The molecule has 1 N–H and O–H groups in total. The molecule has 9 heteroatoms. The van der Waals surface area contributed by atoms with E-state index in [0.29, 0.717) is 11.4 Å². The van der Waals surface area contributed by atoms with Gasteiger partial charge in [0.05, 0.1) is 23.8 Å².